The highest BCUT2D eigenvalue weighted by molar-refractivity contribution is 7.16. The number of nitrogens with one attached hydrogen (secondary N) is 1. The lowest BCUT2D eigenvalue weighted by molar-refractivity contribution is -0.119. The summed E-state index contributed by atoms with van der Waals surface area (Å²) in [5.74, 6) is 0.926. The van der Waals surface area contributed by atoms with Crippen LogP contribution in [0.25, 0.3) is 4.96 Å². The van der Waals surface area contributed by atoms with Gasteiger partial charge in [-0.25, -0.2) is 4.98 Å². The second kappa shape index (κ2) is 6.64. The molecule has 0 spiro atoms. The molecular weight excluding hydrogens is 324 g/mol. The lowest BCUT2D eigenvalue weighted by Crippen LogP contribution is -2.40. The van der Waals surface area contributed by atoms with E-state index in [4.69, 9.17) is 0 Å². The van der Waals surface area contributed by atoms with Crippen LogP contribution < -0.4 is 10.9 Å². The predicted molar refractivity (Wildman–Crippen MR) is 95.3 cm³/mol. The molecule has 1 saturated heterocycles. The van der Waals surface area contributed by atoms with Crippen molar-refractivity contribution in [3.05, 3.63) is 33.2 Å². The Labute approximate surface area is 145 Å². The Balaban J connectivity index is 1.78. The molecule has 130 valence electrons. The van der Waals surface area contributed by atoms with Crippen molar-refractivity contribution in [1.82, 2.24) is 19.6 Å². The van der Waals surface area contributed by atoms with Crippen LogP contribution in [0.5, 0.6) is 0 Å². The normalized spacial score (nSPS) is 21.7. The summed E-state index contributed by atoms with van der Waals surface area (Å²) in [5.41, 5.74) is 0.769. The lowest BCUT2D eigenvalue weighted by Gasteiger charge is -2.22. The van der Waals surface area contributed by atoms with Crippen molar-refractivity contribution in [2.75, 3.05) is 13.1 Å². The second-order valence-electron chi connectivity index (χ2n) is 6.99. The predicted octanol–water partition coefficient (Wildman–Crippen LogP) is 1.66. The smallest absolute Gasteiger partial charge is 0.258 e. The molecular formula is C17H24N4O2S. The summed E-state index contributed by atoms with van der Waals surface area (Å²) in [4.78, 5) is 32.4. The highest BCUT2D eigenvalue weighted by Gasteiger charge is 2.35. The molecule has 2 atom stereocenters. The zero-order valence-electron chi connectivity index (χ0n) is 14.6. The fraction of sp³-hybridized carbons (Fsp3) is 0.588. The SMILES string of the molecule is CC(=O)N[C@@H]1CN(Cc2cc(=O)n3cc(C)sc3n2)C[C@H]1C(C)C. The van der Waals surface area contributed by atoms with E-state index < -0.39 is 0 Å². The van der Waals surface area contributed by atoms with Gasteiger partial charge in [0.2, 0.25) is 5.91 Å². The average molecular weight is 348 g/mol. The largest absolute Gasteiger partial charge is 0.352 e. The number of likely N-dealkylation sites (tertiary alicyclic amines) is 1. The molecule has 1 N–H and O–H groups in total. The van der Waals surface area contributed by atoms with Gasteiger partial charge in [-0.15, -0.1) is 11.3 Å². The van der Waals surface area contributed by atoms with E-state index in [1.54, 1.807) is 17.4 Å². The van der Waals surface area contributed by atoms with Gasteiger partial charge in [-0.05, 0) is 18.8 Å². The van der Waals surface area contributed by atoms with Crippen LogP contribution in [0.15, 0.2) is 17.1 Å². The third-order valence-corrected chi connectivity index (χ3v) is 5.51. The van der Waals surface area contributed by atoms with Gasteiger partial charge >= 0.3 is 0 Å². The summed E-state index contributed by atoms with van der Waals surface area (Å²) >= 11 is 1.53. The first-order valence-electron chi connectivity index (χ1n) is 8.31. The van der Waals surface area contributed by atoms with Crippen LogP contribution in [-0.4, -0.2) is 39.3 Å². The van der Waals surface area contributed by atoms with E-state index in [1.807, 2.05) is 13.1 Å². The number of aryl methyl sites for hydroxylation is 1. The summed E-state index contributed by atoms with van der Waals surface area (Å²) in [5, 5.41) is 3.07. The molecule has 1 fully saturated rings. The molecule has 1 aliphatic heterocycles. The molecule has 0 radical (unpaired) electrons. The van der Waals surface area contributed by atoms with Gasteiger partial charge in [0, 0.05) is 49.7 Å². The Morgan fingerprint density at radius 3 is 2.88 bits per heavy atom. The van der Waals surface area contributed by atoms with Gasteiger partial charge in [0.25, 0.3) is 5.56 Å². The highest BCUT2D eigenvalue weighted by Crippen LogP contribution is 2.25. The van der Waals surface area contributed by atoms with Crippen molar-refractivity contribution in [3.63, 3.8) is 0 Å². The molecule has 0 aliphatic carbocycles. The Morgan fingerprint density at radius 2 is 2.21 bits per heavy atom. The van der Waals surface area contributed by atoms with E-state index >= 15 is 0 Å². The zero-order valence-corrected chi connectivity index (χ0v) is 15.4. The van der Waals surface area contributed by atoms with Crippen LogP contribution in [0.1, 0.15) is 31.3 Å². The molecule has 0 saturated carbocycles. The quantitative estimate of drug-likeness (QED) is 0.912. The number of hydrogen-bond donors (Lipinski definition) is 1. The van der Waals surface area contributed by atoms with Crippen molar-refractivity contribution in [1.29, 1.82) is 0 Å². The third kappa shape index (κ3) is 3.52. The van der Waals surface area contributed by atoms with Crippen LogP contribution in [0.4, 0.5) is 0 Å². The highest BCUT2D eigenvalue weighted by atomic mass is 32.1. The molecule has 24 heavy (non-hydrogen) atoms. The number of thiazole rings is 1. The van der Waals surface area contributed by atoms with Gasteiger partial charge in [-0.1, -0.05) is 13.8 Å². The van der Waals surface area contributed by atoms with Gasteiger partial charge < -0.3 is 5.32 Å². The maximum atomic E-state index is 12.2. The fourth-order valence-corrected chi connectivity index (χ4v) is 4.35. The number of aromatic nitrogens is 2. The average Bonchev–Trinajstić information content (AvgIpc) is 3.01. The lowest BCUT2D eigenvalue weighted by atomic mass is 9.91. The first-order valence-corrected chi connectivity index (χ1v) is 9.13. The minimum atomic E-state index is -0.0302. The third-order valence-electron chi connectivity index (χ3n) is 4.61. The zero-order chi connectivity index (χ0) is 17.4. The molecule has 2 aromatic rings. The van der Waals surface area contributed by atoms with Crippen molar-refractivity contribution >= 4 is 22.2 Å². The standard InChI is InChI=1S/C17H24N4O2S/c1-10(2)14-8-20(9-15(14)18-12(4)22)7-13-5-16(23)21-6-11(3)24-17(21)19-13/h5-6,10,14-15H,7-9H2,1-4H3,(H,18,22)/t14-,15+/m0/s1. The van der Waals surface area contributed by atoms with Crippen LogP contribution >= 0.6 is 11.3 Å². The minimum Gasteiger partial charge on any atom is -0.352 e. The Hall–Kier alpha value is -1.73. The molecule has 0 bridgehead atoms. The van der Waals surface area contributed by atoms with E-state index in [0.29, 0.717) is 18.4 Å². The van der Waals surface area contributed by atoms with Crippen LogP contribution in [0, 0.1) is 18.8 Å². The fourth-order valence-electron chi connectivity index (χ4n) is 3.50. The summed E-state index contributed by atoms with van der Waals surface area (Å²) in [6, 6.07) is 1.78. The van der Waals surface area contributed by atoms with E-state index in [2.05, 4.69) is 29.0 Å². The van der Waals surface area contributed by atoms with E-state index in [9.17, 15) is 9.59 Å². The molecule has 3 heterocycles. The van der Waals surface area contributed by atoms with Crippen LogP contribution in [0.2, 0.25) is 0 Å². The maximum absolute atomic E-state index is 12.2. The van der Waals surface area contributed by atoms with Gasteiger partial charge in [0.05, 0.1) is 5.69 Å². The van der Waals surface area contributed by atoms with Crippen LogP contribution in [0.3, 0.4) is 0 Å². The minimum absolute atomic E-state index is 0.0133. The van der Waals surface area contributed by atoms with Crippen LogP contribution in [-0.2, 0) is 11.3 Å². The van der Waals surface area contributed by atoms with Crippen molar-refractivity contribution < 1.29 is 4.79 Å². The molecule has 1 aliphatic rings. The van der Waals surface area contributed by atoms with Crippen molar-refractivity contribution in [3.8, 4) is 0 Å². The van der Waals surface area contributed by atoms with Crippen molar-refractivity contribution in [2.45, 2.75) is 40.3 Å². The number of fused-ring (bicyclic) bond motifs is 1. The number of amides is 1. The Bertz CT molecular complexity index is 811. The number of carbonyl (C=O) groups excluding carboxylic acids is 1. The van der Waals surface area contributed by atoms with Gasteiger partial charge in [0.15, 0.2) is 4.96 Å². The number of hydrogen-bond acceptors (Lipinski definition) is 5. The topological polar surface area (TPSA) is 66.7 Å². The Morgan fingerprint density at radius 1 is 1.46 bits per heavy atom. The summed E-state index contributed by atoms with van der Waals surface area (Å²) in [7, 11) is 0. The Kier molecular flexibility index (Phi) is 4.73. The van der Waals surface area contributed by atoms with Crippen molar-refractivity contribution in [2.24, 2.45) is 11.8 Å². The monoisotopic (exact) mass is 348 g/mol. The van der Waals surface area contributed by atoms with E-state index in [-0.39, 0.29) is 17.5 Å². The number of carbonyl (C=O) groups is 1. The van der Waals surface area contributed by atoms with Gasteiger partial charge in [-0.3, -0.25) is 18.9 Å². The first-order chi connectivity index (χ1) is 11.3. The molecule has 2 aromatic heterocycles. The van der Waals surface area contributed by atoms with E-state index in [0.717, 1.165) is 28.6 Å². The first kappa shape index (κ1) is 17.1. The molecule has 7 heteroatoms. The molecule has 6 nitrogen and oxygen atoms in total. The van der Waals surface area contributed by atoms with Gasteiger partial charge in [0.1, 0.15) is 0 Å². The second-order valence-corrected chi connectivity index (χ2v) is 8.20. The number of nitrogens with zero attached hydrogens (tertiary/aromatic N) is 3. The molecule has 1 amide bonds. The molecule has 3 rings (SSSR count). The van der Waals surface area contributed by atoms with E-state index in [1.165, 1.54) is 11.3 Å². The molecule has 0 unspecified atom stereocenters. The van der Waals surface area contributed by atoms with Gasteiger partial charge in [-0.2, -0.15) is 0 Å². The number of rotatable bonds is 4. The maximum Gasteiger partial charge on any atom is 0.258 e. The summed E-state index contributed by atoms with van der Waals surface area (Å²) in [6.07, 6.45) is 1.83. The summed E-state index contributed by atoms with van der Waals surface area (Å²) in [6.45, 7) is 10.3. The molecule has 0 aromatic carbocycles. The summed E-state index contributed by atoms with van der Waals surface area (Å²) < 4.78 is 1.60.